The number of hydrogen-bond donors (Lipinski definition) is 1. The predicted molar refractivity (Wildman–Crippen MR) is 56.0 cm³/mol. The molecule has 2 N–H and O–H groups in total. The molecule has 0 radical (unpaired) electrons. The fourth-order valence-electron chi connectivity index (χ4n) is 1.37. The average molecular weight is 197 g/mol. The SMILES string of the molecule is COC(C)C(N)CCc1ccnn1C. The highest BCUT2D eigenvalue weighted by Gasteiger charge is 2.12. The molecule has 0 aromatic carbocycles. The third-order valence-electron chi connectivity index (χ3n) is 2.63. The van der Waals surface area contributed by atoms with Gasteiger partial charge in [-0.2, -0.15) is 5.10 Å². The standard InChI is InChI=1S/C10H19N3O/c1-8(14-3)10(11)5-4-9-6-7-12-13(9)2/h6-8,10H,4-5,11H2,1-3H3. The molecular weight excluding hydrogens is 178 g/mol. The molecule has 0 spiro atoms. The van der Waals surface area contributed by atoms with Gasteiger partial charge in [0, 0.05) is 32.1 Å². The van der Waals surface area contributed by atoms with Crippen molar-refractivity contribution in [2.45, 2.75) is 31.9 Å². The van der Waals surface area contributed by atoms with Crippen molar-refractivity contribution in [3.8, 4) is 0 Å². The Labute approximate surface area is 85.0 Å². The lowest BCUT2D eigenvalue weighted by atomic mass is 10.1. The fraction of sp³-hybridized carbons (Fsp3) is 0.700. The second-order valence-corrected chi connectivity index (χ2v) is 3.59. The first kappa shape index (κ1) is 11.2. The molecule has 14 heavy (non-hydrogen) atoms. The minimum Gasteiger partial charge on any atom is -0.380 e. The maximum Gasteiger partial charge on any atom is 0.0694 e. The van der Waals surface area contributed by atoms with E-state index in [9.17, 15) is 0 Å². The molecule has 0 aliphatic carbocycles. The van der Waals surface area contributed by atoms with Gasteiger partial charge in [0.2, 0.25) is 0 Å². The van der Waals surface area contributed by atoms with Crippen LogP contribution in [0, 0.1) is 0 Å². The van der Waals surface area contributed by atoms with E-state index in [4.69, 9.17) is 10.5 Å². The molecule has 0 saturated carbocycles. The summed E-state index contributed by atoms with van der Waals surface area (Å²) >= 11 is 0. The van der Waals surface area contributed by atoms with Gasteiger partial charge in [0.05, 0.1) is 6.10 Å². The van der Waals surface area contributed by atoms with Crippen LogP contribution in [0.1, 0.15) is 19.0 Å². The van der Waals surface area contributed by atoms with Crippen molar-refractivity contribution in [1.82, 2.24) is 9.78 Å². The van der Waals surface area contributed by atoms with Crippen LogP contribution in [0.4, 0.5) is 0 Å². The second-order valence-electron chi connectivity index (χ2n) is 3.59. The van der Waals surface area contributed by atoms with Crippen LogP contribution in [-0.4, -0.2) is 29.0 Å². The first-order valence-electron chi connectivity index (χ1n) is 4.90. The average Bonchev–Trinajstić information content (AvgIpc) is 2.59. The van der Waals surface area contributed by atoms with Gasteiger partial charge in [-0.05, 0) is 25.8 Å². The molecule has 0 amide bonds. The van der Waals surface area contributed by atoms with Crippen LogP contribution >= 0.6 is 0 Å². The normalized spacial score (nSPS) is 15.4. The van der Waals surface area contributed by atoms with Gasteiger partial charge in [0.25, 0.3) is 0 Å². The maximum absolute atomic E-state index is 5.94. The van der Waals surface area contributed by atoms with E-state index >= 15 is 0 Å². The van der Waals surface area contributed by atoms with Crippen LogP contribution in [0.5, 0.6) is 0 Å². The topological polar surface area (TPSA) is 53.1 Å². The van der Waals surface area contributed by atoms with Crippen LogP contribution in [-0.2, 0) is 18.2 Å². The number of rotatable bonds is 5. The Morgan fingerprint density at radius 1 is 1.64 bits per heavy atom. The van der Waals surface area contributed by atoms with Gasteiger partial charge in [-0.15, -0.1) is 0 Å². The molecule has 80 valence electrons. The highest BCUT2D eigenvalue weighted by Crippen LogP contribution is 2.06. The molecule has 0 fully saturated rings. The molecule has 2 unspecified atom stereocenters. The maximum atomic E-state index is 5.94. The van der Waals surface area contributed by atoms with Gasteiger partial charge >= 0.3 is 0 Å². The molecule has 4 nitrogen and oxygen atoms in total. The highest BCUT2D eigenvalue weighted by atomic mass is 16.5. The third-order valence-corrected chi connectivity index (χ3v) is 2.63. The monoisotopic (exact) mass is 197 g/mol. The van der Waals surface area contributed by atoms with Crippen molar-refractivity contribution in [3.05, 3.63) is 18.0 Å². The minimum atomic E-state index is 0.0925. The van der Waals surface area contributed by atoms with E-state index in [2.05, 4.69) is 5.10 Å². The zero-order valence-corrected chi connectivity index (χ0v) is 9.10. The van der Waals surface area contributed by atoms with Gasteiger partial charge in [0.1, 0.15) is 0 Å². The zero-order chi connectivity index (χ0) is 10.6. The predicted octanol–water partition coefficient (Wildman–Crippen LogP) is 0.715. The van der Waals surface area contributed by atoms with E-state index < -0.39 is 0 Å². The molecule has 1 rings (SSSR count). The Morgan fingerprint density at radius 2 is 2.36 bits per heavy atom. The van der Waals surface area contributed by atoms with Crippen LogP contribution in [0.25, 0.3) is 0 Å². The molecule has 0 saturated heterocycles. The molecule has 4 heteroatoms. The van der Waals surface area contributed by atoms with Crippen LogP contribution in [0.15, 0.2) is 12.3 Å². The molecule has 1 aromatic rings. The molecular formula is C10H19N3O. The van der Waals surface area contributed by atoms with Crippen LogP contribution < -0.4 is 5.73 Å². The summed E-state index contributed by atoms with van der Waals surface area (Å²) in [5.74, 6) is 0. The smallest absolute Gasteiger partial charge is 0.0694 e. The van der Waals surface area contributed by atoms with Crippen molar-refractivity contribution in [3.63, 3.8) is 0 Å². The van der Waals surface area contributed by atoms with Crippen molar-refractivity contribution < 1.29 is 4.74 Å². The Kier molecular flexibility index (Phi) is 4.10. The summed E-state index contributed by atoms with van der Waals surface area (Å²) in [5, 5.41) is 4.10. The Hall–Kier alpha value is -0.870. The Balaban J connectivity index is 2.37. The number of nitrogens with two attached hydrogens (primary N) is 1. The summed E-state index contributed by atoms with van der Waals surface area (Å²) < 4.78 is 7.04. The molecule has 0 bridgehead atoms. The summed E-state index contributed by atoms with van der Waals surface area (Å²) in [4.78, 5) is 0. The van der Waals surface area contributed by atoms with E-state index in [1.54, 1.807) is 13.3 Å². The van der Waals surface area contributed by atoms with E-state index in [0.717, 1.165) is 12.8 Å². The summed E-state index contributed by atoms with van der Waals surface area (Å²) in [7, 11) is 3.63. The largest absolute Gasteiger partial charge is 0.380 e. The lowest BCUT2D eigenvalue weighted by Gasteiger charge is -2.17. The Bertz CT molecular complexity index is 272. The summed E-state index contributed by atoms with van der Waals surface area (Å²) in [6, 6.07) is 2.11. The summed E-state index contributed by atoms with van der Waals surface area (Å²) in [6.45, 7) is 1.99. The van der Waals surface area contributed by atoms with Crippen molar-refractivity contribution >= 4 is 0 Å². The molecule has 0 aliphatic rings. The number of aryl methyl sites for hydroxylation is 2. The number of nitrogens with zero attached hydrogens (tertiary/aromatic N) is 2. The van der Waals surface area contributed by atoms with E-state index in [1.165, 1.54) is 5.69 Å². The first-order chi connectivity index (χ1) is 6.65. The summed E-state index contributed by atoms with van der Waals surface area (Å²) in [5.41, 5.74) is 7.15. The molecule has 0 aliphatic heterocycles. The van der Waals surface area contributed by atoms with Crippen LogP contribution in [0.3, 0.4) is 0 Å². The minimum absolute atomic E-state index is 0.0925. The number of ether oxygens (including phenoxy) is 1. The second kappa shape index (κ2) is 5.12. The number of hydrogen-bond acceptors (Lipinski definition) is 3. The van der Waals surface area contributed by atoms with E-state index in [0.29, 0.717) is 0 Å². The number of aromatic nitrogens is 2. The van der Waals surface area contributed by atoms with Crippen molar-refractivity contribution in [2.75, 3.05) is 7.11 Å². The lowest BCUT2D eigenvalue weighted by Crippen LogP contribution is -2.34. The van der Waals surface area contributed by atoms with Gasteiger partial charge in [-0.25, -0.2) is 0 Å². The number of methoxy groups -OCH3 is 1. The lowest BCUT2D eigenvalue weighted by molar-refractivity contribution is 0.0929. The van der Waals surface area contributed by atoms with Crippen LogP contribution in [0.2, 0.25) is 0 Å². The highest BCUT2D eigenvalue weighted by molar-refractivity contribution is 5.00. The van der Waals surface area contributed by atoms with Gasteiger partial charge < -0.3 is 10.5 Å². The molecule has 2 atom stereocenters. The third kappa shape index (κ3) is 2.82. The van der Waals surface area contributed by atoms with Gasteiger partial charge in [-0.1, -0.05) is 0 Å². The van der Waals surface area contributed by atoms with E-state index in [1.807, 2.05) is 24.7 Å². The first-order valence-corrected chi connectivity index (χ1v) is 4.90. The summed E-state index contributed by atoms with van der Waals surface area (Å²) in [6.07, 6.45) is 3.80. The fourth-order valence-corrected chi connectivity index (χ4v) is 1.37. The molecule has 1 heterocycles. The van der Waals surface area contributed by atoms with Gasteiger partial charge in [-0.3, -0.25) is 4.68 Å². The molecule has 1 aromatic heterocycles. The van der Waals surface area contributed by atoms with Gasteiger partial charge in [0.15, 0.2) is 0 Å². The quantitative estimate of drug-likeness (QED) is 0.756. The van der Waals surface area contributed by atoms with Crippen molar-refractivity contribution in [2.24, 2.45) is 12.8 Å². The Morgan fingerprint density at radius 3 is 2.86 bits per heavy atom. The van der Waals surface area contributed by atoms with Crippen molar-refractivity contribution in [1.29, 1.82) is 0 Å². The van der Waals surface area contributed by atoms with E-state index in [-0.39, 0.29) is 12.1 Å². The zero-order valence-electron chi connectivity index (χ0n) is 9.10.